The van der Waals surface area contributed by atoms with Gasteiger partial charge in [-0.05, 0) is 21.0 Å². The number of nitrogens with two attached hydrogens (primary N) is 1. The van der Waals surface area contributed by atoms with Crippen molar-refractivity contribution in [3.8, 4) is 0 Å². The van der Waals surface area contributed by atoms with E-state index in [0.29, 0.717) is 18.9 Å². The fourth-order valence-electron chi connectivity index (χ4n) is 1.54. The van der Waals surface area contributed by atoms with Gasteiger partial charge in [0.2, 0.25) is 5.95 Å². The zero-order valence-electron chi connectivity index (χ0n) is 10.2. The van der Waals surface area contributed by atoms with Crippen molar-refractivity contribution in [2.45, 2.75) is 12.5 Å². The highest BCUT2D eigenvalue weighted by molar-refractivity contribution is 6.29. The normalized spacial score (nSPS) is 14.7. The third-order valence-electron chi connectivity index (χ3n) is 2.02. The van der Waals surface area contributed by atoms with E-state index < -0.39 is 5.60 Å². The molecule has 0 fully saturated rings. The molecule has 0 aliphatic rings. The highest BCUT2D eigenvalue weighted by Gasteiger charge is 2.21. The van der Waals surface area contributed by atoms with Crippen LogP contribution in [-0.4, -0.2) is 52.8 Å². The van der Waals surface area contributed by atoms with Crippen molar-refractivity contribution in [2.24, 2.45) is 0 Å². The molecule has 17 heavy (non-hydrogen) atoms. The third-order valence-corrected chi connectivity index (χ3v) is 2.21. The summed E-state index contributed by atoms with van der Waals surface area (Å²) < 4.78 is 0. The van der Waals surface area contributed by atoms with Gasteiger partial charge in [-0.1, -0.05) is 11.6 Å². The first-order chi connectivity index (χ1) is 7.78. The minimum Gasteiger partial charge on any atom is -0.387 e. The molecule has 4 N–H and O–H groups in total. The molecule has 0 amide bonds. The molecule has 0 saturated carbocycles. The van der Waals surface area contributed by atoms with E-state index in [1.165, 1.54) is 0 Å². The summed E-state index contributed by atoms with van der Waals surface area (Å²) in [5, 5.41) is 13.3. The van der Waals surface area contributed by atoms with Gasteiger partial charge in [-0.2, -0.15) is 4.98 Å². The Morgan fingerprint density at radius 3 is 2.71 bits per heavy atom. The first-order valence-corrected chi connectivity index (χ1v) is 5.57. The zero-order valence-corrected chi connectivity index (χ0v) is 11.0. The number of hydrogen-bond donors (Lipinski definition) is 3. The number of likely N-dealkylation sites (N-methyl/N-ethyl adjacent to an activating group) is 1. The van der Waals surface area contributed by atoms with Gasteiger partial charge < -0.3 is 21.1 Å². The standard InChI is InChI=1S/C10H18ClN5O/c1-10(17,6-16(2)3)5-13-8-4-7(11)14-9(12)15-8/h4,17H,5-6H2,1-3H3,(H3,12,13,14,15). The molecule has 1 heterocycles. The Morgan fingerprint density at radius 2 is 2.18 bits per heavy atom. The molecule has 0 aromatic carbocycles. The van der Waals surface area contributed by atoms with E-state index >= 15 is 0 Å². The highest BCUT2D eigenvalue weighted by Crippen LogP contribution is 2.14. The summed E-state index contributed by atoms with van der Waals surface area (Å²) in [5.41, 5.74) is 4.60. The molecule has 0 spiro atoms. The Hall–Kier alpha value is -1.11. The van der Waals surface area contributed by atoms with Gasteiger partial charge in [0.05, 0.1) is 5.60 Å². The lowest BCUT2D eigenvalue weighted by molar-refractivity contribution is 0.0459. The summed E-state index contributed by atoms with van der Waals surface area (Å²) in [6.45, 7) is 2.62. The van der Waals surface area contributed by atoms with Crippen molar-refractivity contribution in [1.82, 2.24) is 14.9 Å². The SMILES string of the molecule is CN(C)CC(C)(O)CNc1cc(Cl)nc(N)n1. The molecule has 0 radical (unpaired) electrons. The smallest absolute Gasteiger partial charge is 0.223 e. The van der Waals surface area contributed by atoms with E-state index in [4.69, 9.17) is 17.3 Å². The molecule has 0 saturated heterocycles. The molecular weight excluding hydrogens is 242 g/mol. The van der Waals surface area contributed by atoms with Crippen LogP contribution in [0, 0.1) is 0 Å². The number of nitrogen functional groups attached to an aromatic ring is 1. The van der Waals surface area contributed by atoms with Gasteiger partial charge >= 0.3 is 0 Å². The van der Waals surface area contributed by atoms with Crippen LogP contribution in [0.5, 0.6) is 0 Å². The van der Waals surface area contributed by atoms with Crippen LogP contribution in [-0.2, 0) is 0 Å². The van der Waals surface area contributed by atoms with Crippen molar-refractivity contribution >= 4 is 23.4 Å². The predicted molar refractivity (Wildman–Crippen MR) is 69.1 cm³/mol. The summed E-state index contributed by atoms with van der Waals surface area (Å²) in [4.78, 5) is 9.62. The molecule has 0 bridgehead atoms. The van der Waals surface area contributed by atoms with Crippen LogP contribution in [0.15, 0.2) is 6.07 Å². The van der Waals surface area contributed by atoms with Crippen LogP contribution < -0.4 is 11.1 Å². The van der Waals surface area contributed by atoms with E-state index in [1.807, 2.05) is 19.0 Å². The van der Waals surface area contributed by atoms with Crippen molar-refractivity contribution in [1.29, 1.82) is 0 Å². The van der Waals surface area contributed by atoms with Gasteiger partial charge in [0.1, 0.15) is 11.0 Å². The number of anilines is 2. The Kier molecular flexibility index (Phi) is 4.50. The number of nitrogens with one attached hydrogen (secondary N) is 1. The monoisotopic (exact) mass is 259 g/mol. The van der Waals surface area contributed by atoms with Gasteiger partial charge in [-0.25, -0.2) is 4.98 Å². The Morgan fingerprint density at radius 1 is 1.53 bits per heavy atom. The fraction of sp³-hybridized carbons (Fsp3) is 0.600. The minimum atomic E-state index is -0.865. The predicted octanol–water partition coefficient (Wildman–Crippen LogP) is 0.437. The first kappa shape index (κ1) is 14.0. The topological polar surface area (TPSA) is 87.3 Å². The van der Waals surface area contributed by atoms with Crippen LogP contribution in [0.3, 0.4) is 0 Å². The van der Waals surface area contributed by atoms with Crippen LogP contribution in [0.4, 0.5) is 11.8 Å². The fourth-order valence-corrected chi connectivity index (χ4v) is 1.73. The summed E-state index contributed by atoms with van der Waals surface area (Å²) in [6.07, 6.45) is 0. The van der Waals surface area contributed by atoms with E-state index in [0.717, 1.165) is 0 Å². The van der Waals surface area contributed by atoms with Crippen molar-refractivity contribution in [2.75, 3.05) is 38.2 Å². The summed E-state index contributed by atoms with van der Waals surface area (Å²) >= 11 is 5.74. The maximum Gasteiger partial charge on any atom is 0.223 e. The minimum absolute atomic E-state index is 0.104. The van der Waals surface area contributed by atoms with Gasteiger partial charge in [0, 0.05) is 19.2 Å². The number of aliphatic hydroxyl groups is 1. The molecule has 7 heteroatoms. The molecule has 0 aliphatic heterocycles. The second-order valence-corrected chi connectivity index (χ2v) is 4.91. The van der Waals surface area contributed by atoms with Crippen LogP contribution in [0.25, 0.3) is 0 Å². The summed E-state index contributed by atoms with van der Waals surface area (Å²) in [5.74, 6) is 0.605. The van der Waals surface area contributed by atoms with Crippen molar-refractivity contribution < 1.29 is 5.11 Å². The average Bonchev–Trinajstić information content (AvgIpc) is 2.11. The molecule has 0 aliphatic carbocycles. The number of halogens is 1. The van der Waals surface area contributed by atoms with Gasteiger partial charge in [-0.15, -0.1) is 0 Å². The van der Waals surface area contributed by atoms with Crippen LogP contribution in [0.1, 0.15) is 6.92 Å². The average molecular weight is 260 g/mol. The molecule has 6 nitrogen and oxygen atoms in total. The second kappa shape index (κ2) is 5.48. The van der Waals surface area contributed by atoms with Crippen molar-refractivity contribution in [3.05, 3.63) is 11.2 Å². The van der Waals surface area contributed by atoms with Crippen LogP contribution >= 0.6 is 11.6 Å². The summed E-state index contributed by atoms with van der Waals surface area (Å²) in [7, 11) is 3.79. The lowest BCUT2D eigenvalue weighted by Crippen LogP contribution is -2.43. The lowest BCUT2D eigenvalue weighted by Gasteiger charge is -2.27. The zero-order chi connectivity index (χ0) is 13.1. The van der Waals surface area contributed by atoms with Gasteiger partial charge in [-0.3, -0.25) is 0 Å². The number of nitrogens with zero attached hydrogens (tertiary/aromatic N) is 3. The molecule has 1 aromatic heterocycles. The van der Waals surface area contributed by atoms with E-state index in [2.05, 4.69) is 15.3 Å². The molecule has 1 rings (SSSR count). The van der Waals surface area contributed by atoms with Gasteiger partial charge in [0.25, 0.3) is 0 Å². The maximum atomic E-state index is 10.1. The first-order valence-electron chi connectivity index (χ1n) is 5.19. The van der Waals surface area contributed by atoms with E-state index in [1.54, 1.807) is 13.0 Å². The molecular formula is C10H18ClN5O. The maximum absolute atomic E-state index is 10.1. The molecule has 1 unspecified atom stereocenters. The molecule has 1 atom stereocenters. The number of aromatic nitrogens is 2. The Labute approximate surface area is 106 Å². The lowest BCUT2D eigenvalue weighted by atomic mass is 10.1. The van der Waals surface area contributed by atoms with Crippen LogP contribution in [0.2, 0.25) is 5.15 Å². The largest absolute Gasteiger partial charge is 0.387 e. The third kappa shape index (κ3) is 5.16. The molecule has 1 aromatic rings. The Balaban J connectivity index is 2.60. The second-order valence-electron chi connectivity index (χ2n) is 4.52. The Bertz CT molecular complexity index is 363. The van der Waals surface area contributed by atoms with E-state index in [9.17, 15) is 5.11 Å². The van der Waals surface area contributed by atoms with E-state index in [-0.39, 0.29) is 11.1 Å². The van der Waals surface area contributed by atoms with Crippen molar-refractivity contribution in [3.63, 3.8) is 0 Å². The van der Waals surface area contributed by atoms with Gasteiger partial charge in [0.15, 0.2) is 0 Å². The quantitative estimate of drug-likeness (QED) is 0.665. The highest BCUT2D eigenvalue weighted by atomic mass is 35.5. The number of rotatable bonds is 5. The number of hydrogen-bond acceptors (Lipinski definition) is 6. The molecule has 96 valence electrons. The summed E-state index contributed by atoms with van der Waals surface area (Å²) in [6, 6.07) is 1.56.